The Labute approximate surface area is 139 Å². The number of hydrogen-bond donors (Lipinski definition) is 5. The summed E-state index contributed by atoms with van der Waals surface area (Å²) >= 11 is 0. The molecule has 1 aliphatic rings. The van der Waals surface area contributed by atoms with E-state index in [1.807, 2.05) is 4.98 Å². The van der Waals surface area contributed by atoms with Crippen LogP contribution in [0.2, 0.25) is 0 Å². The number of aliphatic hydroxyl groups is 2. The van der Waals surface area contributed by atoms with Crippen LogP contribution in [-0.4, -0.2) is 61.1 Å². The van der Waals surface area contributed by atoms with Gasteiger partial charge in [-0.15, -0.1) is 0 Å². The molecule has 1 saturated heterocycles. The van der Waals surface area contributed by atoms with Gasteiger partial charge in [-0.2, -0.15) is 0 Å². The Bertz CT molecular complexity index is 829. The average Bonchev–Trinajstić information content (AvgIpc) is 2.71. The van der Waals surface area contributed by atoms with E-state index in [1.165, 1.54) is 0 Å². The summed E-state index contributed by atoms with van der Waals surface area (Å²) in [5.41, 5.74) is -1.59. The third kappa shape index (κ3) is 5.17. The second-order valence-corrected chi connectivity index (χ2v) is 8.67. The molecule has 1 aromatic heterocycles. The van der Waals surface area contributed by atoms with E-state index in [-0.39, 0.29) is 0 Å². The van der Waals surface area contributed by atoms with E-state index in [2.05, 4.69) is 8.83 Å². The van der Waals surface area contributed by atoms with Crippen molar-refractivity contribution in [1.29, 1.82) is 0 Å². The Morgan fingerprint density at radius 3 is 2.48 bits per heavy atom. The first-order chi connectivity index (χ1) is 11.4. The molecule has 0 aromatic carbocycles. The zero-order valence-corrected chi connectivity index (χ0v) is 14.4. The topological polar surface area (TPSA) is 198 Å². The molecule has 142 valence electrons. The molecule has 2 rings (SSSR count). The van der Waals surface area contributed by atoms with Gasteiger partial charge in [-0.3, -0.25) is 23.4 Å². The van der Waals surface area contributed by atoms with Crippen LogP contribution in [-0.2, 0) is 22.7 Å². The summed E-state index contributed by atoms with van der Waals surface area (Å²) in [6.07, 6.45) is -4.97. The van der Waals surface area contributed by atoms with E-state index in [9.17, 15) is 33.8 Å². The fourth-order valence-electron chi connectivity index (χ4n) is 2.11. The van der Waals surface area contributed by atoms with Gasteiger partial charge in [0.2, 0.25) is 0 Å². The molecule has 13 nitrogen and oxygen atoms in total. The molecule has 0 radical (unpaired) electrons. The molecule has 0 spiro atoms. The van der Waals surface area contributed by atoms with Gasteiger partial charge in [-0.1, -0.05) is 0 Å². The first-order valence-electron chi connectivity index (χ1n) is 6.72. The number of phosphoric ester groups is 1. The van der Waals surface area contributed by atoms with Gasteiger partial charge in [-0.25, -0.2) is 13.7 Å². The molecule has 0 aliphatic carbocycles. The molecule has 6 atom stereocenters. The summed E-state index contributed by atoms with van der Waals surface area (Å²) in [5.74, 6) is 0. The van der Waals surface area contributed by atoms with E-state index >= 15 is 0 Å². The Hall–Kier alpha value is -1.14. The van der Waals surface area contributed by atoms with Crippen LogP contribution >= 0.6 is 15.4 Å². The van der Waals surface area contributed by atoms with Crippen molar-refractivity contribution in [1.82, 2.24) is 9.55 Å². The number of H-pyrrole nitrogens is 1. The molecule has 15 heteroatoms. The number of phosphoric acid groups is 1. The number of aromatic nitrogens is 2. The van der Waals surface area contributed by atoms with Crippen molar-refractivity contribution < 1.29 is 42.7 Å². The second-order valence-electron chi connectivity index (χ2n) is 5.21. The molecular weight excluding hydrogens is 386 g/mol. The lowest BCUT2D eigenvalue weighted by molar-refractivity contribution is -0.0541. The Morgan fingerprint density at radius 1 is 1.28 bits per heavy atom. The summed E-state index contributed by atoms with van der Waals surface area (Å²) in [5, 5.41) is 19.9. The lowest BCUT2D eigenvalue weighted by atomic mass is 10.1. The van der Waals surface area contributed by atoms with Crippen molar-refractivity contribution in [3.05, 3.63) is 33.1 Å². The summed E-state index contributed by atoms with van der Waals surface area (Å²) in [4.78, 5) is 42.9. The molecule has 0 amide bonds. The fraction of sp³-hybridized carbons (Fsp3) is 0.600. The lowest BCUT2D eigenvalue weighted by Gasteiger charge is -2.18. The van der Waals surface area contributed by atoms with Gasteiger partial charge in [0.1, 0.15) is 18.3 Å². The summed E-state index contributed by atoms with van der Waals surface area (Å²) in [6, 6.07) is 0.990. The third-order valence-corrected chi connectivity index (χ3v) is 5.63. The highest BCUT2D eigenvalue weighted by atomic mass is 31.3. The van der Waals surface area contributed by atoms with Gasteiger partial charge < -0.3 is 24.7 Å². The molecule has 2 heterocycles. The number of ether oxygens (including phenoxy) is 1. The van der Waals surface area contributed by atoms with Crippen LogP contribution < -0.4 is 11.2 Å². The summed E-state index contributed by atoms with van der Waals surface area (Å²) in [6.45, 7) is -0.122. The van der Waals surface area contributed by atoms with E-state index < -0.39 is 57.8 Å². The highest BCUT2D eigenvalue weighted by Crippen LogP contribution is 2.58. The summed E-state index contributed by atoms with van der Waals surface area (Å²) in [7, 11) is -9.24. The Balaban J connectivity index is 2.09. The van der Waals surface area contributed by atoms with Crippen LogP contribution in [0.1, 0.15) is 6.23 Å². The fourth-order valence-corrected chi connectivity index (χ4v) is 4.16. The lowest BCUT2D eigenvalue weighted by Crippen LogP contribution is -2.37. The van der Waals surface area contributed by atoms with Crippen LogP contribution in [0.4, 0.5) is 0 Å². The predicted molar refractivity (Wildman–Crippen MR) is 79.9 cm³/mol. The normalized spacial score (nSPS) is 31.4. The van der Waals surface area contributed by atoms with Crippen LogP contribution in [0.3, 0.4) is 0 Å². The van der Waals surface area contributed by atoms with Crippen LogP contribution in [0.15, 0.2) is 21.9 Å². The third-order valence-electron chi connectivity index (χ3n) is 3.12. The minimum Gasteiger partial charge on any atom is -0.387 e. The van der Waals surface area contributed by atoms with Crippen LogP contribution in [0, 0.1) is 0 Å². The minimum absolute atomic E-state index is 0.669. The highest BCUT2D eigenvalue weighted by molar-refractivity contribution is 7.63. The van der Waals surface area contributed by atoms with Crippen molar-refractivity contribution in [3.8, 4) is 0 Å². The predicted octanol–water partition coefficient (Wildman–Crippen LogP) is -1.90. The number of aliphatic hydroxyl groups excluding tert-OH is 2. The quantitative estimate of drug-likeness (QED) is 0.333. The number of hydrogen-bond acceptors (Lipinski definition) is 9. The van der Waals surface area contributed by atoms with E-state index in [1.54, 1.807) is 0 Å². The molecular formula is C10H16N2O11P2. The smallest absolute Gasteiger partial charge is 0.387 e. The van der Waals surface area contributed by atoms with Gasteiger partial charge >= 0.3 is 21.1 Å². The van der Waals surface area contributed by atoms with Gasteiger partial charge in [0.15, 0.2) is 6.23 Å². The van der Waals surface area contributed by atoms with E-state index in [0.29, 0.717) is 6.66 Å². The Kier molecular flexibility index (Phi) is 5.84. The van der Waals surface area contributed by atoms with Crippen molar-refractivity contribution in [2.75, 3.05) is 13.3 Å². The summed E-state index contributed by atoms with van der Waals surface area (Å²) < 4.78 is 37.0. The second kappa shape index (κ2) is 7.23. The maximum absolute atomic E-state index is 11.7. The molecule has 6 unspecified atom stereocenters. The largest absolute Gasteiger partial charge is 0.479 e. The highest BCUT2D eigenvalue weighted by Gasteiger charge is 2.45. The van der Waals surface area contributed by atoms with Gasteiger partial charge in [0.25, 0.3) is 5.56 Å². The van der Waals surface area contributed by atoms with Crippen molar-refractivity contribution in [3.63, 3.8) is 0 Å². The zero-order chi connectivity index (χ0) is 19.0. The van der Waals surface area contributed by atoms with E-state index in [0.717, 1.165) is 16.8 Å². The molecule has 25 heavy (non-hydrogen) atoms. The molecule has 5 N–H and O–H groups in total. The van der Waals surface area contributed by atoms with Crippen molar-refractivity contribution >= 4 is 15.4 Å². The standard InChI is InChI=1S/C10H16N2O11P2/c1-24(17,18)23-25(19,20)21-4-5-7(14)8(15)9(22-5)12-3-2-6(13)11-10(12)16/h2-3,5,7-9,14-15H,4H2,1H3,(H,17,18)(H,19,20)(H,11,13,16). The Morgan fingerprint density at radius 2 is 1.92 bits per heavy atom. The number of rotatable bonds is 6. The average molecular weight is 402 g/mol. The van der Waals surface area contributed by atoms with Gasteiger partial charge in [0, 0.05) is 18.9 Å². The minimum atomic E-state index is -4.92. The molecule has 1 aliphatic heterocycles. The SMILES string of the molecule is CP(=O)(O)OP(=O)(O)OCC1OC(n2ccc(=O)[nH]c2=O)C(O)C1O. The number of nitrogens with one attached hydrogen (secondary N) is 1. The van der Waals surface area contributed by atoms with Crippen molar-refractivity contribution in [2.45, 2.75) is 24.5 Å². The van der Waals surface area contributed by atoms with Crippen molar-refractivity contribution in [2.24, 2.45) is 0 Å². The molecule has 1 aromatic rings. The zero-order valence-electron chi connectivity index (χ0n) is 12.7. The monoisotopic (exact) mass is 402 g/mol. The molecule has 0 saturated carbocycles. The number of aromatic amines is 1. The first kappa shape index (κ1) is 20.2. The maximum atomic E-state index is 11.7. The van der Waals surface area contributed by atoms with Crippen LogP contribution in [0.25, 0.3) is 0 Å². The van der Waals surface area contributed by atoms with Crippen LogP contribution in [0.5, 0.6) is 0 Å². The first-order valence-corrected chi connectivity index (χ1v) is 10.2. The van der Waals surface area contributed by atoms with Gasteiger partial charge in [0.05, 0.1) is 6.61 Å². The van der Waals surface area contributed by atoms with Gasteiger partial charge in [-0.05, 0) is 0 Å². The maximum Gasteiger partial charge on any atom is 0.479 e. The molecule has 1 fully saturated rings. The van der Waals surface area contributed by atoms with E-state index in [4.69, 9.17) is 9.63 Å². The number of nitrogens with zero attached hydrogens (tertiary/aromatic N) is 1. The molecule has 0 bridgehead atoms.